The number of nitrogens with zero attached hydrogens (tertiary/aromatic N) is 2. The highest BCUT2D eigenvalue weighted by molar-refractivity contribution is 7.92. The fourth-order valence-corrected chi connectivity index (χ4v) is 3.51. The van der Waals surface area contributed by atoms with Crippen molar-refractivity contribution in [2.45, 2.75) is 18.4 Å². The van der Waals surface area contributed by atoms with Crippen LogP contribution in [0.4, 0.5) is 5.69 Å². The van der Waals surface area contributed by atoms with Gasteiger partial charge in [0.25, 0.3) is 10.0 Å². The number of benzene rings is 1. The van der Waals surface area contributed by atoms with Gasteiger partial charge in [0, 0.05) is 25.5 Å². The summed E-state index contributed by atoms with van der Waals surface area (Å²) in [5.41, 5.74) is 6.95. The largest absolute Gasteiger partial charge is 0.326 e. The van der Waals surface area contributed by atoms with Crippen LogP contribution in [0.1, 0.15) is 12.5 Å². The number of hydrogen-bond donors (Lipinski definition) is 1. The summed E-state index contributed by atoms with van der Waals surface area (Å²) < 4.78 is 26.7. The van der Waals surface area contributed by atoms with Crippen molar-refractivity contribution in [2.75, 3.05) is 10.8 Å². The lowest BCUT2D eigenvalue weighted by atomic mass is 10.2. The third-order valence-corrected chi connectivity index (χ3v) is 4.86. The summed E-state index contributed by atoms with van der Waals surface area (Å²) in [6.45, 7) is 2.45. The van der Waals surface area contributed by atoms with E-state index < -0.39 is 10.0 Å². The molecule has 0 saturated heterocycles. The van der Waals surface area contributed by atoms with Crippen LogP contribution in [0.2, 0.25) is 0 Å². The molecule has 0 atom stereocenters. The van der Waals surface area contributed by atoms with Crippen LogP contribution in [0.15, 0.2) is 53.7 Å². The SMILES string of the molecule is CCN(c1ccncc1)S(=O)(=O)c1cccc(CN)c1. The minimum absolute atomic E-state index is 0.249. The highest BCUT2D eigenvalue weighted by Gasteiger charge is 2.23. The zero-order valence-electron chi connectivity index (χ0n) is 11.2. The number of rotatable bonds is 5. The fourth-order valence-electron chi connectivity index (χ4n) is 1.96. The van der Waals surface area contributed by atoms with E-state index in [0.29, 0.717) is 18.8 Å². The Bertz CT molecular complexity index is 672. The Morgan fingerprint density at radius 1 is 1.20 bits per heavy atom. The van der Waals surface area contributed by atoms with Crippen molar-refractivity contribution in [2.24, 2.45) is 5.73 Å². The maximum atomic E-state index is 12.7. The van der Waals surface area contributed by atoms with E-state index in [2.05, 4.69) is 4.98 Å². The average Bonchev–Trinajstić information content (AvgIpc) is 2.49. The predicted molar refractivity (Wildman–Crippen MR) is 78.8 cm³/mol. The first-order valence-electron chi connectivity index (χ1n) is 6.31. The molecule has 0 unspecified atom stereocenters. The predicted octanol–water partition coefficient (Wildman–Crippen LogP) is 1.76. The van der Waals surface area contributed by atoms with Gasteiger partial charge in [0.2, 0.25) is 0 Å². The zero-order valence-corrected chi connectivity index (χ0v) is 12.0. The van der Waals surface area contributed by atoms with Gasteiger partial charge in [-0.05, 0) is 36.8 Å². The number of hydrogen-bond acceptors (Lipinski definition) is 4. The standard InChI is InChI=1S/C14H17N3O2S/c1-2-17(13-6-8-16-9-7-13)20(18,19)14-5-3-4-12(10-14)11-15/h3-10H,2,11,15H2,1H3. The zero-order chi connectivity index (χ0) is 14.6. The van der Waals surface area contributed by atoms with E-state index in [0.717, 1.165) is 5.56 Å². The van der Waals surface area contributed by atoms with E-state index in [1.54, 1.807) is 49.6 Å². The Morgan fingerprint density at radius 3 is 2.50 bits per heavy atom. The quantitative estimate of drug-likeness (QED) is 0.910. The van der Waals surface area contributed by atoms with Gasteiger partial charge in [-0.3, -0.25) is 9.29 Å². The lowest BCUT2D eigenvalue weighted by Crippen LogP contribution is -2.30. The smallest absolute Gasteiger partial charge is 0.264 e. The van der Waals surface area contributed by atoms with Crippen LogP contribution in [0.3, 0.4) is 0 Å². The van der Waals surface area contributed by atoms with Gasteiger partial charge < -0.3 is 5.73 Å². The van der Waals surface area contributed by atoms with Crippen molar-refractivity contribution in [3.8, 4) is 0 Å². The molecule has 0 fully saturated rings. The first-order valence-corrected chi connectivity index (χ1v) is 7.75. The Morgan fingerprint density at radius 2 is 1.90 bits per heavy atom. The first kappa shape index (κ1) is 14.5. The van der Waals surface area contributed by atoms with Gasteiger partial charge in [-0.2, -0.15) is 0 Å². The van der Waals surface area contributed by atoms with Crippen molar-refractivity contribution in [3.05, 3.63) is 54.4 Å². The lowest BCUT2D eigenvalue weighted by molar-refractivity contribution is 0.591. The van der Waals surface area contributed by atoms with Gasteiger partial charge in [0.1, 0.15) is 0 Å². The second-order valence-corrected chi connectivity index (χ2v) is 6.09. The minimum atomic E-state index is -3.59. The summed E-state index contributed by atoms with van der Waals surface area (Å²) in [4.78, 5) is 4.16. The monoisotopic (exact) mass is 291 g/mol. The maximum Gasteiger partial charge on any atom is 0.264 e. The van der Waals surface area contributed by atoms with Crippen LogP contribution < -0.4 is 10.0 Å². The number of anilines is 1. The van der Waals surface area contributed by atoms with Gasteiger partial charge >= 0.3 is 0 Å². The Balaban J connectivity index is 2.47. The molecule has 2 rings (SSSR count). The summed E-state index contributed by atoms with van der Waals surface area (Å²) in [7, 11) is -3.59. The molecular weight excluding hydrogens is 274 g/mol. The van der Waals surface area contributed by atoms with Crippen molar-refractivity contribution < 1.29 is 8.42 Å². The van der Waals surface area contributed by atoms with Gasteiger partial charge in [-0.25, -0.2) is 8.42 Å². The highest BCUT2D eigenvalue weighted by atomic mass is 32.2. The van der Waals surface area contributed by atoms with E-state index in [1.807, 2.05) is 6.07 Å². The third kappa shape index (κ3) is 2.81. The molecule has 20 heavy (non-hydrogen) atoms. The molecule has 106 valence electrons. The Labute approximate surface area is 119 Å². The van der Waals surface area contributed by atoms with Crippen molar-refractivity contribution in [3.63, 3.8) is 0 Å². The van der Waals surface area contributed by atoms with Gasteiger partial charge in [0.15, 0.2) is 0 Å². The molecule has 1 heterocycles. The van der Waals surface area contributed by atoms with E-state index in [9.17, 15) is 8.42 Å². The van der Waals surface area contributed by atoms with Crippen LogP contribution in [-0.2, 0) is 16.6 Å². The van der Waals surface area contributed by atoms with Crippen LogP contribution in [0.25, 0.3) is 0 Å². The van der Waals surface area contributed by atoms with Crippen LogP contribution in [0.5, 0.6) is 0 Å². The molecule has 0 aliphatic rings. The van der Waals surface area contributed by atoms with E-state index in [-0.39, 0.29) is 4.90 Å². The molecule has 2 aromatic rings. The number of pyridine rings is 1. The number of nitrogens with two attached hydrogens (primary N) is 1. The molecular formula is C14H17N3O2S. The Hall–Kier alpha value is -1.92. The van der Waals surface area contributed by atoms with Crippen molar-refractivity contribution in [1.82, 2.24) is 4.98 Å². The van der Waals surface area contributed by atoms with Crippen LogP contribution in [0, 0.1) is 0 Å². The molecule has 0 bridgehead atoms. The number of sulfonamides is 1. The van der Waals surface area contributed by atoms with Gasteiger partial charge in [-0.1, -0.05) is 12.1 Å². The lowest BCUT2D eigenvalue weighted by Gasteiger charge is -2.22. The fraction of sp³-hybridized carbons (Fsp3) is 0.214. The van der Waals surface area contributed by atoms with Crippen LogP contribution >= 0.6 is 0 Å². The second kappa shape index (κ2) is 6.02. The molecule has 1 aromatic heterocycles. The molecule has 0 aliphatic heterocycles. The van der Waals surface area contributed by atoms with Gasteiger partial charge in [-0.15, -0.1) is 0 Å². The summed E-state index contributed by atoms with van der Waals surface area (Å²) >= 11 is 0. The third-order valence-electron chi connectivity index (χ3n) is 2.96. The molecule has 0 saturated carbocycles. The molecule has 1 aromatic carbocycles. The van der Waals surface area contributed by atoms with Gasteiger partial charge in [0.05, 0.1) is 10.6 Å². The Kier molecular flexibility index (Phi) is 4.36. The molecule has 0 aliphatic carbocycles. The molecule has 5 nitrogen and oxygen atoms in total. The summed E-state index contributed by atoms with van der Waals surface area (Å²) in [6.07, 6.45) is 3.15. The molecule has 6 heteroatoms. The van der Waals surface area contributed by atoms with E-state index in [1.165, 1.54) is 4.31 Å². The summed E-state index contributed by atoms with van der Waals surface area (Å²) in [5.74, 6) is 0. The minimum Gasteiger partial charge on any atom is -0.326 e. The topological polar surface area (TPSA) is 76.3 Å². The second-order valence-electron chi connectivity index (χ2n) is 4.23. The number of aromatic nitrogens is 1. The molecule has 0 spiro atoms. The highest BCUT2D eigenvalue weighted by Crippen LogP contribution is 2.23. The molecule has 2 N–H and O–H groups in total. The summed E-state index contributed by atoms with van der Waals surface area (Å²) in [6, 6.07) is 10.1. The maximum absolute atomic E-state index is 12.7. The summed E-state index contributed by atoms with van der Waals surface area (Å²) in [5, 5.41) is 0. The molecule has 0 radical (unpaired) electrons. The molecule has 0 amide bonds. The van der Waals surface area contributed by atoms with E-state index in [4.69, 9.17) is 5.73 Å². The van der Waals surface area contributed by atoms with Crippen molar-refractivity contribution >= 4 is 15.7 Å². The first-order chi connectivity index (χ1) is 9.59. The van der Waals surface area contributed by atoms with E-state index >= 15 is 0 Å². The normalized spacial score (nSPS) is 11.3. The average molecular weight is 291 g/mol. The van der Waals surface area contributed by atoms with Crippen LogP contribution in [-0.4, -0.2) is 19.9 Å². The van der Waals surface area contributed by atoms with Crippen molar-refractivity contribution in [1.29, 1.82) is 0 Å².